The van der Waals surface area contributed by atoms with E-state index in [0.29, 0.717) is 10.9 Å². The summed E-state index contributed by atoms with van der Waals surface area (Å²) in [4.78, 5) is 3.83. The van der Waals surface area contributed by atoms with Crippen LogP contribution in [0.4, 0.5) is 0 Å². The lowest BCUT2D eigenvalue weighted by molar-refractivity contribution is -0.0241. The molecule has 0 aliphatic heterocycles. The van der Waals surface area contributed by atoms with Gasteiger partial charge in [-0.1, -0.05) is 11.6 Å². The summed E-state index contributed by atoms with van der Waals surface area (Å²) < 4.78 is 5.49. The average molecular weight is 216 g/mol. The summed E-state index contributed by atoms with van der Waals surface area (Å²) in [6, 6.07) is 3.32. The fraction of sp³-hybridized carbons (Fsp3) is 0.500. The molecule has 1 N–H and O–H groups in total. The van der Waals surface area contributed by atoms with Crippen LogP contribution in [0.1, 0.15) is 20.8 Å². The second-order valence-corrected chi connectivity index (χ2v) is 4.12. The summed E-state index contributed by atoms with van der Waals surface area (Å²) in [6.07, 6.45) is 1.26. The summed E-state index contributed by atoms with van der Waals surface area (Å²) in [6.45, 7) is 5.19. The van der Waals surface area contributed by atoms with E-state index in [-0.39, 0.29) is 6.10 Å². The summed E-state index contributed by atoms with van der Waals surface area (Å²) in [5.74, 6) is 0.611. The molecule has 4 heteroatoms. The van der Waals surface area contributed by atoms with Crippen molar-refractivity contribution in [2.24, 2.45) is 0 Å². The van der Waals surface area contributed by atoms with Crippen molar-refractivity contribution in [2.45, 2.75) is 32.5 Å². The SMILES string of the molecule is CC(Oc1ccnc(Cl)c1)C(C)(C)O. The zero-order valence-corrected chi connectivity index (χ0v) is 9.25. The summed E-state index contributed by atoms with van der Waals surface area (Å²) in [7, 11) is 0. The zero-order chi connectivity index (χ0) is 10.8. The molecule has 0 bridgehead atoms. The second kappa shape index (κ2) is 4.15. The maximum absolute atomic E-state index is 9.64. The number of hydrogen-bond acceptors (Lipinski definition) is 3. The molecule has 0 radical (unpaired) electrons. The van der Waals surface area contributed by atoms with Crippen molar-refractivity contribution in [1.82, 2.24) is 4.98 Å². The molecule has 0 saturated carbocycles. The third-order valence-corrected chi connectivity index (χ3v) is 2.21. The van der Waals surface area contributed by atoms with E-state index >= 15 is 0 Å². The molecule has 1 aromatic heterocycles. The van der Waals surface area contributed by atoms with Crippen LogP contribution in [0.15, 0.2) is 18.3 Å². The molecular weight excluding hydrogens is 202 g/mol. The molecule has 1 atom stereocenters. The molecule has 0 fully saturated rings. The minimum absolute atomic E-state index is 0.305. The standard InChI is InChI=1S/C10H14ClNO2/c1-7(10(2,3)13)14-8-4-5-12-9(11)6-8/h4-7,13H,1-3H3. The van der Waals surface area contributed by atoms with Gasteiger partial charge in [0.15, 0.2) is 0 Å². The van der Waals surface area contributed by atoms with E-state index in [9.17, 15) is 5.11 Å². The van der Waals surface area contributed by atoms with Gasteiger partial charge in [0.1, 0.15) is 17.0 Å². The molecule has 78 valence electrons. The quantitative estimate of drug-likeness (QED) is 0.787. The van der Waals surface area contributed by atoms with E-state index in [4.69, 9.17) is 16.3 Å². The Labute approximate surface area is 88.7 Å². The highest BCUT2D eigenvalue weighted by atomic mass is 35.5. The maximum Gasteiger partial charge on any atom is 0.132 e. The van der Waals surface area contributed by atoms with Crippen LogP contribution in [0.25, 0.3) is 0 Å². The van der Waals surface area contributed by atoms with Crippen molar-refractivity contribution in [3.05, 3.63) is 23.5 Å². The fourth-order valence-electron chi connectivity index (χ4n) is 0.806. The highest BCUT2D eigenvalue weighted by molar-refractivity contribution is 6.29. The Morgan fingerprint density at radius 1 is 1.57 bits per heavy atom. The molecule has 0 aromatic carbocycles. The Morgan fingerprint density at radius 3 is 2.71 bits per heavy atom. The van der Waals surface area contributed by atoms with Gasteiger partial charge in [-0.05, 0) is 26.8 Å². The Morgan fingerprint density at radius 2 is 2.21 bits per heavy atom. The molecule has 1 rings (SSSR count). The van der Waals surface area contributed by atoms with Gasteiger partial charge in [0.05, 0.1) is 5.60 Å². The molecule has 3 nitrogen and oxygen atoms in total. The van der Waals surface area contributed by atoms with Gasteiger partial charge in [-0.3, -0.25) is 0 Å². The fourth-order valence-corrected chi connectivity index (χ4v) is 0.970. The van der Waals surface area contributed by atoms with Crippen molar-refractivity contribution in [3.63, 3.8) is 0 Å². The van der Waals surface area contributed by atoms with Crippen molar-refractivity contribution >= 4 is 11.6 Å². The van der Waals surface area contributed by atoms with Crippen LogP contribution in [-0.2, 0) is 0 Å². The average Bonchev–Trinajstić information content (AvgIpc) is 2.02. The van der Waals surface area contributed by atoms with Gasteiger partial charge < -0.3 is 9.84 Å². The first-order chi connectivity index (χ1) is 6.39. The maximum atomic E-state index is 9.64. The van der Waals surface area contributed by atoms with Gasteiger partial charge in [-0.25, -0.2) is 4.98 Å². The van der Waals surface area contributed by atoms with E-state index in [1.54, 1.807) is 39.1 Å². The van der Waals surface area contributed by atoms with Crippen molar-refractivity contribution < 1.29 is 9.84 Å². The number of nitrogens with zero attached hydrogens (tertiary/aromatic N) is 1. The van der Waals surface area contributed by atoms with Crippen molar-refractivity contribution in [3.8, 4) is 5.75 Å². The van der Waals surface area contributed by atoms with Gasteiger partial charge >= 0.3 is 0 Å². The molecule has 0 saturated heterocycles. The van der Waals surface area contributed by atoms with Gasteiger partial charge in [0.2, 0.25) is 0 Å². The van der Waals surface area contributed by atoms with E-state index in [0.717, 1.165) is 0 Å². The first-order valence-corrected chi connectivity index (χ1v) is 4.78. The highest BCUT2D eigenvalue weighted by Gasteiger charge is 2.23. The molecule has 1 unspecified atom stereocenters. The predicted octanol–water partition coefficient (Wildman–Crippen LogP) is 2.27. The normalized spacial score (nSPS) is 13.8. The number of aromatic nitrogens is 1. The largest absolute Gasteiger partial charge is 0.488 e. The molecular formula is C10H14ClNO2. The van der Waals surface area contributed by atoms with E-state index in [1.165, 1.54) is 0 Å². The van der Waals surface area contributed by atoms with Crippen LogP contribution in [0, 0.1) is 0 Å². The van der Waals surface area contributed by atoms with Crippen LogP contribution in [-0.4, -0.2) is 21.8 Å². The Hall–Kier alpha value is -0.800. The van der Waals surface area contributed by atoms with Gasteiger partial charge in [0, 0.05) is 12.3 Å². The minimum atomic E-state index is -0.879. The number of ether oxygens (including phenoxy) is 1. The second-order valence-electron chi connectivity index (χ2n) is 3.73. The summed E-state index contributed by atoms with van der Waals surface area (Å²) >= 11 is 5.69. The van der Waals surface area contributed by atoms with Crippen molar-refractivity contribution in [2.75, 3.05) is 0 Å². The van der Waals surface area contributed by atoms with Crippen LogP contribution < -0.4 is 4.74 Å². The van der Waals surface area contributed by atoms with E-state index in [2.05, 4.69) is 4.98 Å². The first-order valence-electron chi connectivity index (χ1n) is 4.40. The number of halogens is 1. The molecule has 14 heavy (non-hydrogen) atoms. The highest BCUT2D eigenvalue weighted by Crippen LogP contribution is 2.19. The van der Waals surface area contributed by atoms with Crippen LogP contribution in [0.3, 0.4) is 0 Å². The topological polar surface area (TPSA) is 42.4 Å². The number of aliphatic hydroxyl groups is 1. The van der Waals surface area contributed by atoms with Gasteiger partial charge in [-0.2, -0.15) is 0 Å². The van der Waals surface area contributed by atoms with E-state index in [1.807, 2.05) is 0 Å². The first kappa shape index (κ1) is 11.3. The van der Waals surface area contributed by atoms with Crippen LogP contribution in [0.5, 0.6) is 5.75 Å². The lowest BCUT2D eigenvalue weighted by Crippen LogP contribution is -2.37. The van der Waals surface area contributed by atoms with Gasteiger partial charge in [-0.15, -0.1) is 0 Å². The van der Waals surface area contributed by atoms with Gasteiger partial charge in [0.25, 0.3) is 0 Å². The number of rotatable bonds is 3. The monoisotopic (exact) mass is 215 g/mol. The molecule has 1 heterocycles. The summed E-state index contributed by atoms with van der Waals surface area (Å²) in [5.41, 5.74) is -0.879. The molecule has 0 amide bonds. The summed E-state index contributed by atoms with van der Waals surface area (Å²) in [5, 5.41) is 10.0. The Kier molecular flexibility index (Phi) is 3.34. The van der Waals surface area contributed by atoms with Crippen molar-refractivity contribution in [1.29, 1.82) is 0 Å². The van der Waals surface area contributed by atoms with Crippen LogP contribution in [0.2, 0.25) is 5.15 Å². The Balaban J connectivity index is 2.70. The molecule has 0 aliphatic carbocycles. The molecule has 0 spiro atoms. The molecule has 0 aliphatic rings. The lowest BCUT2D eigenvalue weighted by Gasteiger charge is -2.26. The minimum Gasteiger partial charge on any atom is -0.488 e. The third kappa shape index (κ3) is 3.16. The zero-order valence-electron chi connectivity index (χ0n) is 8.49. The number of hydrogen-bond donors (Lipinski definition) is 1. The van der Waals surface area contributed by atoms with Crippen LogP contribution >= 0.6 is 11.6 Å². The van der Waals surface area contributed by atoms with E-state index < -0.39 is 5.60 Å². The number of pyridine rings is 1. The molecule has 1 aromatic rings. The predicted molar refractivity (Wildman–Crippen MR) is 55.6 cm³/mol. The Bertz CT molecular complexity index is 309. The third-order valence-electron chi connectivity index (χ3n) is 2.01. The lowest BCUT2D eigenvalue weighted by atomic mass is 10.0. The smallest absolute Gasteiger partial charge is 0.132 e.